The lowest BCUT2D eigenvalue weighted by molar-refractivity contribution is 1.43. The number of allylic oxidation sites excluding steroid dienone is 1. The molecule has 0 aliphatic carbocycles. The Labute approximate surface area is 71.4 Å². The summed E-state index contributed by atoms with van der Waals surface area (Å²) in [6.45, 7) is 5.83. The lowest BCUT2D eigenvalue weighted by Crippen LogP contribution is -1.80. The van der Waals surface area contributed by atoms with Gasteiger partial charge in [0.05, 0.1) is 0 Å². The highest BCUT2D eigenvalue weighted by Crippen LogP contribution is 2.16. The fourth-order valence-corrected chi connectivity index (χ4v) is 1.11. The Morgan fingerprint density at radius 2 is 1.91 bits per heavy atom. The van der Waals surface area contributed by atoms with Crippen LogP contribution in [0.1, 0.15) is 12.5 Å². The highest BCUT2D eigenvalue weighted by atomic mass is 32.2. The molecule has 0 fully saturated rings. The molecular weight excluding hydrogens is 154 g/mol. The highest BCUT2D eigenvalue weighted by molar-refractivity contribution is 7.97. The monoisotopic (exact) mass is 165 g/mol. The summed E-state index contributed by atoms with van der Waals surface area (Å²) < 4.78 is 0. The van der Waals surface area contributed by atoms with Gasteiger partial charge >= 0.3 is 0 Å². The van der Waals surface area contributed by atoms with Crippen molar-refractivity contribution in [1.29, 1.82) is 0 Å². The summed E-state index contributed by atoms with van der Waals surface area (Å²) in [6.07, 6.45) is 0. The van der Waals surface area contributed by atoms with Gasteiger partial charge in [0.1, 0.15) is 0 Å². The van der Waals surface area contributed by atoms with Gasteiger partial charge in [0, 0.05) is 4.90 Å². The predicted molar refractivity (Wildman–Crippen MR) is 51.2 cm³/mol. The summed E-state index contributed by atoms with van der Waals surface area (Å²) in [5.41, 5.74) is 2.25. The Morgan fingerprint density at radius 3 is 2.27 bits per heavy atom. The standard InChI is InChI=1S/C9H11NS/c1-7(2)8-3-5-9(11-10)6-4-8/h3-6H,1,10H2,2H3. The molecule has 0 atom stereocenters. The molecule has 1 nitrogen and oxygen atoms in total. The Hall–Kier alpha value is -0.730. The van der Waals surface area contributed by atoms with Crippen LogP contribution in [0.2, 0.25) is 0 Å². The van der Waals surface area contributed by atoms with E-state index >= 15 is 0 Å². The zero-order chi connectivity index (χ0) is 8.27. The van der Waals surface area contributed by atoms with Gasteiger partial charge < -0.3 is 0 Å². The van der Waals surface area contributed by atoms with Crippen LogP contribution in [0, 0.1) is 0 Å². The van der Waals surface area contributed by atoms with Crippen molar-refractivity contribution in [3.63, 3.8) is 0 Å². The van der Waals surface area contributed by atoms with Crippen LogP contribution in [0.25, 0.3) is 5.57 Å². The Balaban J connectivity index is 2.91. The molecule has 0 saturated heterocycles. The third-order valence-corrected chi connectivity index (χ3v) is 2.03. The first-order valence-electron chi connectivity index (χ1n) is 3.36. The smallest absolute Gasteiger partial charge is 0.0226 e. The number of hydrogen-bond donors (Lipinski definition) is 1. The SMILES string of the molecule is C=C(C)c1ccc(SN)cc1. The normalized spacial score (nSPS) is 9.64. The number of hydrogen-bond acceptors (Lipinski definition) is 2. The van der Waals surface area contributed by atoms with E-state index in [-0.39, 0.29) is 0 Å². The molecule has 0 spiro atoms. The van der Waals surface area contributed by atoms with Crippen molar-refractivity contribution in [2.75, 3.05) is 0 Å². The topological polar surface area (TPSA) is 26.0 Å². The predicted octanol–water partition coefficient (Wildman–Crippen LogP) is 2.69. The zero-order valence-electron chi connectivity index (χ0n) is 6.50. The number of nitrogens with two attached hydrogens (primary N) is 1. The third kappa shape index (κ3) is 2.10. The van der Waals surface area contributed by atoms with Crippen molar-refractivity contribution in [2.45, 2.75) is 11.8 Å². The summed E-state index contributed by atoms with van der Waals surface area (Å²) in [6, 6.07) is 8.04. The second-order valence-electron chi connectivity index (χ2n) is 2.42. The van der Waals surface area contributed by atoms with Crippen molar-refractivity contribution >= 4 is 17.5 Å². The molecule has 2 N–H and O–H groups in total. The lowest BCUT2D eigenvalue weighted by Gasteiger charge is -1.99. The molecule has 0 aromatic heterocycles. The average Bonchev–Trinajstić information content (AvgIpc) is 2.05. The largest absolute Gasteiger partial charge is 0.274 e. The summed E-state index contributed by atoms with van der Waals surface area (Å²) in [5, 5.41) is 5.37. The maximum Gasteiger partial charge on any atom is 0.0226 e. The van der Waals surface area contributed by atoms with Gasteiger partial charge in [0.25, 0.3) is 0 Å². The van der Waals surface area contributed by atoms with E-state index in [0.717, 1.165) is 10.5 Å². The molecule has 0 saturated carbocycles. The van der Waals surface area contributed by atoms with Gasteiger partial charge in [-0.3, -0.25) is 5.14 Å². The van der Waals surface area contributed by atoms with E-state index in [9.17, 15) is 0 Å². The average molecular weight is 165 g/mol. The number of rotatable bonds is 2. The van der Waals surface area contributed by atoms with E-state index in [0.29, 0.717) is 0 Å². The van der Waals surface area contributed by atoms with Gasteiger partial charge in [0.15, 0.2) is 0 Å². The second-order valence-corrected chi connectivity index (χ2v) is 3.13. The van der Waals surface area contributed by atoms with Gasteiger partial charge in [0.2, 0.25) is 0 Å². The Kier molecular flexibility index (Phi) is 2.74. The molecule has 0 aliphatic rings. The third-order valence-electron chi connectivity index (χ3n) is 1.48. The molecule has 2 heteroatoms. The van der Waals surface area contributed by atoms with Gasteiger partial charge in [-0.05, 0) is 36.6 Å². The van der Waals surface area contributed by atoms with E-state index in [1.54, 1.807) is 0 Å². The minimum absolute atomic E-state index is 1.08. The molecule has 58 valence electrons. The van der Waals surface area contributed by atoms with Gasteiger partial charge in [-0.2, -0.15) is 0 Å². The molecule has 0 unspecified atom stereocenters. The molecule has 0 aliphatic heterocycles. The first kappa shape index (κ1) is 8.37. The van der Waals surface area contributed by atoms with Crippen molar-refractivity contribution in [3.8, 4) is 0 Å². The summed E-state index contributed by atoms with van der Waals surface area (Å²) >= 11 is 1.26. The van der Waals surface area contributed by atoms with Crippen LogP contribution in [0.3, 0.4) is 0 Å². The van der Waals surface area contributed by atoms with Crippen LogP contribution < -0.4 is 5.14 Å². The van der Waals surface area contributed by atoms with Gasteiger partial charge in [-0.25, -0.2) is 0 Å². The molecule has 0 amide bonds. The minimum Gasteiger partial charge on any atom is -0.274 e. The van der Waals surface area contributed by atoms with E-state index in [2.05, 4.69) is 6.58 Å². The van der Waals surface area contributed by atoms with Crippen LogP contribution >= 0.6 is 11.9 Å². The highest BCUT2D eigenvalue weighted by Gasteiger charge is 1.92. The maximum atomic E-state index is 5.37. The minimum atomic E-state index is 1.08. The molecule has 0 heterocycles. The van der Waals surface area contributed by atoms with E-state index in [1.165, 1.54) is 17.5 Å². The van der Waals surface area contributed by atoms with E-state index in [1.807, 2.05) is 31.2 Å². The molecule has 0 bridgehead atoms. The first-order valence-corrected chi connectivity index (χ1v) is 4.24. The first-order chi connectivity index (χ1) is 5.24. The van der Waals surface area contributed by atoms with Crippen molar-refractivity contribution in [2.24, 2.45) is 5.14 Å². The van der Waals surface area contributed by atoms with Gasteiger partial charge in [-0.1, -0.05) is 24.3 Å². The molecule has 11 heavy (non-hydrogen) atoms. The van der Waals surface area contributed by atoms with Crippen LogP contribution in [0.4, 0.5) is 0 Å². The fourth-order valence-electron chi connectivity index (χ4n) is 0.818. The lowest BCUT2D eigenvalue weighted by atomic mass is 10.1. The van der Waals surface area contributed by atoms with Crippen LogP contribution in [-0.4, -0.2) is 0 Å². The van der Waals surface area contributed by atoms with Crippen LogP contribution in [0.15, 0.2) is 35.7 Å². The molecule has 1 rings (SSSR count). The molecule has 0 radical (unpaired) electrons. The van der Waals surface area contributed by atoms with Crippen molar-refractivity contribution in [1.82, 2.24) is 0 Å². The van der Waals surface area contributed by atoms with Gasteiger partial charge in [-0.15, -0.1) is 0 Å². The summed E-state index contributed by atoms with van der Waals surface area (Å²) in [5.74, 6) is 0. The molecule has 1 aromatic carbocycles. The summed E-state index contributed by atoms with van der Waals surface area (Å²) in [7, 11) is 0. The van der Waals surface area contributed by atoms with E-state index < -0.39 is 0 Å². The quantitative estimate of drug-likeness (QED) is 0.682. The second kappa shape index (κ2) is 3.60. The van der Waals surface area contributed by atoms with Crippen LogP contribution in [-0.2, 0) is 0 Å². The fraction of sp³-hybridized carbons (Fsp3) is 0.111. The van der Waals surface area contributed by atoms with Crippen molar-refractivity contribution in [3.05, 3.63) is 36.4 Å². The zero-order valence-corrected chi connectivity index (χ0v) is 7.32. The Bertz CT molecular complexity index is 251. The summed E-state index contributed by atoms with van der Waals surface area (Å²) in [4.78, 5) is 1.08. The number of benzene rings is 1. The van der Waals surface area contributed by atoms with Crippen molar-refractivity contribution < 1.29 is 0 Å². The van der Waals surface area contributed by atoms with Crippen LogP contribution in [0.5, 0.6) is 0 Å². The maximum absolute atomic E-state index is 5.37. The Morgan fingerprint density at radius 1 is 1.36 bits per heavy atom. The van der Waals surface area contributed by atoms with E-state index in [4.69, 9.17) is 5.14 Å². The molecule has 1 aromatic rings. The molecular formula is C9H11NS.